The minimum Gasteiger partial charge on any atom is -0.361 e. The number of H-pyrrole nitrogens is 1. The molecule has 1 aromatic carbocycles. The van der Waals surface area contributed by atoms with Crippen LogP contribution in [0.2, 0.25) is 0 Å². The fraction of sp³-hybridized carbons (Fsp3) is 0.273. The van der Waals surface area contributed by atoms with E-state index in [1.54, 1.807) is 12.1 Å². The Bertz CT molecular complexity index is 626. The molecule has 0 aliphatic rings. The lowest BCUT2D eigenvalue weighted by molar-refractivity contribution is 0.521. The van der Waals surface area contributed by atoms with Crippen molar-refractivity contribution in [3.05, 3.63) is 30.0 Å². The van der Waals surface area contributed by atoms with E-state index in [0.29, 0.717) is 4.90 Å². The summed E-state index contributed by atoms with van der Waals surface area (Å²) in [5, 5.41) is 1.05. The minimum atomic E-state index is -3.35. The number of aromatic amines is 1. The molecule has 0 unspecified atom stereocenters. The number of rotatable bonds is 2. The van der Waals surface area contributed by atoms with Gasteiger partial charge in [-0.2, -0.15) is 0 Å². The highest BCUT2D eigenvalue weighted by molar-refractivity contribution is 7.89. The van der Waals surface area contributed by atoms with Gasteiger partial charge in [0.2, 0.25) is 10.0 Å². The van der Waals surface area contributed by atoms with Gasteiger partial charge < -0.3 is 4.98 Å². The molecule has 1 aromatic heterocycles. The van der Waals surface area contributed by atoms with Crippen LogP contribution < -0.4 is 0 Å². The summed E-state index contributed by atoms with van der Waals surface area (Å²) in [7, 11) is -0.291. The highest BCUT2D eigenvalue weighted by Gasteiger charge is 2.17. The average molecular weight is 238 g/mol. The van der Waals surface area contributed by atoms with Crippen molar-refractivity contribution in [3.63, 3.8) is 0 Å². The summed E-state index contributed by atoms with van der Waals surface area (Å²) in [6.07, 6.45) is 1.87. The molecule has 16 heavy (non-hydrogen) atoms. The first-order chi connectivity index (χ1) is 7.43. The predicted octanol–water partition coefficient (Wildman–Crippen LogP) is 1.73. The summed E-state index contributed by atoms with van der Waals surface area (Å²) in [5.41, 5.74) is 1.96. The van der Waals surface area contributed by atoms with Gasteiger partial charge in [-0.1, -0.05) is 6.07 Å². The van der Waals surface area contributed by atoms with Crippen molar-refractivity contribution in [1.29, 1.82) is 0 Å². The fourth-order valence-electron chi connectivity index (χ4n) is 1.62. The van der Waals surface area contributed by atoms with Gasteiger partial charge in [0.25, 0.3) is 0 Å². The standard InChI is InChI=1S/C11H14N2O2S/c1-8-7-12-11-6-9(4-5-10(8)11)16(14,15)13(2)3/h4-7,12H,1-3H3. The van der Waals surface area contributed by atoms with Gasteiger partial charge in [0.1, 0.15) is 0 Å². The average Bonchev–Trinajstić information content (AvgIpc) is 2.60. The first kappa shape index (κ1) is 11.2. The summed E-state index contributed by atoms with van der Waals surface area (Å²) >= 11 is 0. The van der Waals surface area contributed by atoms with E-state index in [1.807, 2.05) is 19.2 Å². The molecular weight excluding hydrogens is 224 g/mol. The number of aromatic nitrogens is 1. The molecule has 1 heterocycles. The molecule has 1 N–H and O–H groups in total. The van der Waals surface area contributed by atoms with Crippen molar-refractivity contribution in [1.82, 2.24) is 9.29 Å². The lowest BCUT2D eigenvalue weighted by Gasteiger charge is -2.11. The summed E-state index contributed by atoms with van der Waals surface area (Å²) in [4.78, 5) is 3.37. The second kappa shape index (κ2) is 3.61. The van der Waals surface area contributed by atoms with Crippen LogP contribution in [0.25, 0.3) is 10.9 Å². The van der Waals surface area contributed by atoms with Gasteiger partial charge in [0.15, 0.2) is 0 Å². The van der Waals surface area contributed by atoms with Crippen LogP contribution in [0, 0.1) is 6.92 Å². The Labute approximate surface area is 94.9 Å². The molecule has 0 aliphatic heterocycles. The molecule has 0 saturated carbocycles. The zero-order valence-corrected chi connectivity index (χ0v) is 10.3. The fourth-order valence-corrected chi connectivity index (χ4v) is 2.55. The van der Waals surface area contributed by atoms with E-state index < -0.39 is 10.0 Å². The number of aryl methyl sites for hydroxylation is 1. The van der Waals surface area contributed by atoms with Gasteiger partial charge in [-0.05, 0) is 24.6 Å². The van der Waals surface area contributed by atoms with Crippen LogP contribution in [-0.2, 0) is 10.0 Å². The summed E-state index contributed by atoms with van der Waals surface area (Å²) in [6, 6.07) is 5.13. The smallest absolute Gasteiger partial charge is 0.242 e. The highest BCUT2D eigenvalue weighted by Crippen LogP contribution is 2.22. The molecule has 2 aromatic rings. The minimum absolute atomic E-state index is 0.312. The maximum absolute atomic E-state index is 11.9. The third kappa shape index (κ3) is 1.62. The Morgan fingerprint density at radius 3 is 2.56 bits per heavy atom. The Morgan fingerprint density at radius 1 is 1.25 bits per heavy atom. The normalized spacial score (nSPS) is 12.5. The topological polar surface area (TPSA) is 53.2 Å². The second-order valence-electron chi connectivity index (χ2n) is 3.97. The van der Waals surface area contributed by atoms with Gasteiger partial charge in [-0.25, -0.2) is 12.7 Å². The molecule has 0 amide bonds. The van der Waals surface area contributed by atoms with Crippen LogP contribution in [0.15, 0.2) is 29.3 Å². The summed E-state index contributed by atoms with van der Waals surface area (Å²) < 4.78 is 25.0. The van der Waals surface area contributed by atoms with Gasteiger partial charge >= 0.3 is 0 Å². The van der Waals surface area contributed by atoms with Crippen LogP contribution in [0.5, 0.6) is 0 Å². The van der Waals surface area contributed by atoms with Crippen molar-refractivity contribution in [2.75, 3.05) is 14.1 Å². The van der Waals surface area contributed by atoms with Crippen LogP contribution in [0.1, 0.15) is 5.56 Å². The number of nitrogens with one attached hydrogen (secondary N) is 1. The van der Waals surface area contributed by atoms with Crippen LogP contribution in [0.3, 0.4) is 0 Å². The zero-order valence-electron chi connectivity index (χ0n) is 9.48. The molecular formula is C11H14N2O2S. The third-order valence-electron chi connectivity index (χ3n) is 2.64. The molecule has 0 saturated heterocycles. The van der Waals surface area contributed by atoms with E-state index in [4.69, 9.17) is 0 Å². The Balaban J connectivity index is 2.65. The lowest BCUT2D eigenvalue weighted by Crippen LogP contribution is -2.22. The van der Waals surface area contributed by atoms with E-state index in [0.717, 1.165) is 16.5 Å². The molecule has 0 spiro atoms. The Morgan fingerprint density at radius 2 is 1.94 bits per heavy atom. The molecule has 2 rings (SSSR count). The molecule has 0 atom stereocenters. The lowest BCUT2D eigenvalue weighted by atomic mass is 10.2. The van der Waals surface area contributed by atoms with Gasteiger partial charge in [-0.3, -0.25) is 0 Å². The SMILES string of the molecule is Cc1c[nH]c2cc(S(=O)(=O)N(C)C)ccc12. The zero-order chi connectivity index (χ0) is 11.9. The first-order valence-electron chi connectivity index (χ1n) is 4.93. The van der Waals surface area contributed by atoms with Crippen LogP contribution in [-0.4, -0.2) is 31.8 Å². The number of fused-ring (bicyclic) bond motifs is 1. The number of hydrogen-bond donors (Lipinski definition) is 1. The number of hydrogen-bond acceptors (Lipinski definition) is 2. The van der Waals surface area contributed by atoms with Crippen LogP contribution in [0.4, 0.5) is 0 Å². The van der Waals surface area contributed by atoms with E-state index in [2.05, 4.69) is 4.98 Å². The monoisotopic (exact) mass is 238 g/mol. The molecule has 0 radical (unpaired) electrons. The molecule has 86 valence electrons. The third-order valence-corrected chi connectivity index (χ3v) is 4.45. The maximum atomic E-state index is 11.9. The van der Waals surface area contributed by atoms with Crippen molar-refractivity contribution in [2.45, 2.75) is 11.8 Å². The second-order valence-corrected chi connectivity index (χ2v) is 6.12. The quantitative estimate of drug-likeness (QED) is 0.866. The highest BCUT2D eigenvalue weighted by atomic mass is 32.2. The van der Waals surface area contributed by atoms with Gasteiger partial charge in [-0.15, -0.1) is 0 Å². The predicted molar refractivity (Wildman–Crippen MR) is 63.9 cm³/mol. The molecule has 0 aliphatic carbocycles. The summed E-state index contributed by atoms with van der Waals surface area (Å²) in [6.45, 7) is 1.99. The maximum Gasteiger partial charge on any atom is 0.242 e. The van der Waals surface area contributed by atoms with E-state index in [1.165, 1.54) is 18.4 Å². The molecule has 0 fully saturated rings. The summed E-state index contributed by atoms with van der Waals surface area (Å²) in [5.74, 6) is 0. The number of benzene rings is 1. The largest absolute Gasteiger partial charge is 0.361 e. The van der Waals surface area contributed by atoms with Crippen molar-refractivity contribution in [3.8, 4) is 0 Å². The molecule has 5 heteroatoms. The Kier molecular flexibility index (Phi) is 2.52. The van der Waals surface area contributed by atoms with Crippen molar-refractivity contribution >= 4 is 20.9 Å². The first-order valence-corrected chi connectivity index (χ1v) is 6.37. The van der Waals surface area contributed by atoms with E-state index in [9.17, 15) is 8.42 Å². The number of nitrogens with zero attached hydrogens (tertiary/aromatic N) is 1. The van der Waals surface area contributed by atoms with Crippen LogP contribution >= 0.6 is 0 Å². The van der Waals surface area contributed by atoms with Gasteiger partial charge in [0.05, 0.1) is 4.90 Å². The van der Waals surface area contributed by atoms with Gasteiger partial charge in [0, 0.05) is 31.2 Å². The number of sulfonamides is 1. The van der Waals surface area contributed by atoms with Crippen molar-refractivity contribution in [2.24, 2.45) is 0 Å². The molecule has 0 bridgehead atoms. The Hall–Kier alpha value is -1.33. The van der Waals surface area contributed by atoms with E-state index in [-0.39, 0.29) is 0 Å². The van der Waals surface area contributed by atoms with Crippen molar-refractivity contribution < 1.29 is 8.42 Å². The van der Waals surface area contributed by atoms with E-state index >= 15 is 0 Å². The molecule has 4 nitrogen and oxygen atoms in total.